The second-order valence-corrected chi connectivity index (χ2v) is 7.13. The van der Waals surface area contributed by atoms with Gasteiger partial charge in [-0.1, -0.05) is 42.5 Å². The van der Waals surface area contributed by atoms with Gasteiger partial charge < -0.3 is 15.3 Å². The zero-order valence-electron chi connectivity index (χ0n) is 15.4. The van der Waals surface area contributed by atoms with Gasteiger partial charge in [-0.25, -0.2) is 0 Å². The van der Waals surface area contributed by atoms with Gasteiger partial charge in [-0.05, 0) is 29.2 Å². The monoisotopic (exact) mass is 368 g/mol. The van der Waals surface area contributed by atoms with Crippen molar-refractivity contribution in [2.75, 3.05) is 20.1 Å². The SMILES string of the molecule is CN1CCC(C(=O)NCC(Cc2cccc3ccccc23)C(=O)O)CC1=O. The number of carbonyl (C=O) groups excluding carboxylic acids is 2. The van der Waals surface area contributed by atoms with Gasteiger partial charge in [0.05, 0.1) is 5.92 Å². The Hall–Kier alpha value is -2.89. The van der Waals surface area contributed by atoms with E-state index in [1.54, 1.807) is 11.9 Å². The number of fused-ring (bicyclic) bond motifs is 1. The van der Waals surface area contributed by atoms with Crippen LogP contribution in [-0.4, -0.2) is 47.9 Å². The van der Waals surface area contributed by atoms with Crippen LogP contribution in [0.1, 0.15) is 18.4 Å². The molecule has 1 aliphatic rings. The highest BCUT2D eigenvalue weighted by atomic mass is 16.4. The fourth-order valence-corrected chi connectivity index (χ4v) is 3.52. The van der Waals surface area contributed by atoms with Crippen molar-refractivity contribution in [3.05, 3.63) is 48.0 Å². The largest absolute Gasteiger partial charge is 0.481 e. The molecule has 2 amide bonds. The topological polar surface area (TPSA) is 86.7 Å². The molecule has 0 bridgehead atoms. The van der Waals surface area contributed by atoms with E-state index in [0.29, 0.717) is 19.4 Å². The summed E-state index contributed by atoms with van der Waals surface area (Å²) in [5.74, 6) is -2.32. The van der Waals surface area contributed by atoms with Gasteiger partial charge in [-0.2, -0.15) is 0 Å². The lowest BCUT2D eigenvalue weighted by atomic mass is 9.93. The van der Waals surface area contributed by atoms with E-state index in [1.807, 2.05) is 42.5 Å². The number of carboxylic acid groups (broad SMARTS) is 1. The van der Waals surface area contributed by atoms with Crippen LogP contribution < -0.4 is 5.32 Å². The highest BCUT2D eigenvalue weighted by molar-refractivity contribution is 5.88. The summed E-state index contributed by atoms with van der Waals surface area (Å²) in [5.41, 5.74) is 0.948. The van der Waals surface area contributed by atoms with E-state index in [0.717, 1.165) is 16.3 Å². The minimum Gasteiger partial charge on any atom is -0.481 e. The minimum absolute atomic E-state index is 0.0491. The van der Waals surface area contributed by atoms with E-state index in [2.05, 4.69) is 5.32 Å². The van der Waals surface area contributed by atoms with Crippen molar-refractivity contribution in [1.29, 1.82) is 0 Å². The number of nitrogens with one attached hydrogen (secondary N) is 1. The Kier molecular flexibility index (Phi) is 5.74. The maximum Gasteiger partial charge on any atom is 0.308 e. The van der Waals surface area contributed by atoms with Crippen molar-refractivity contribution in [2.45, 2.75) is 19.3 Å². The predicted molar refractivity (Wildman–Crippen MR) is 102 cm³/mol. The molecule has 1 heterocycles. The van der Waals surface area contributed by atoms with Crippen LogP contribution in [0, 0.1) is 11.8 Å². The Balaban J connectivity index is 1.65. The maximum atomic E-state index is 12.4. The summed E-state index contributed by atoms with van der Waals surface area (Å²) < 4.78 is 0. The first-order valence-electron chi connectivity index (χ1n) is 9.17. The second kappa shape index (κ2) is 8.20. The van der Waals surface area contributed by atoms with Gasteiger partial charge in [-0.3, -0.25) is 14.4 Å². The van der Waals surface area contributed by atoms with Crippen LogP contribution in [-0.2, 0) is 20.8 Å². The van der Waals surface area contributed by atoms with Gasteiger partial charge in [-0.15, -0.1) is 0 Å². The van der Waals surface area contributed by atoms with Gasteiger partial charge in [0.25, 0.3) is 0 Å². The molecule has 2 aromatic rings. The standard InChI is InChI=1S/C21H24N2O4/c1-23-10-9-16(12-19(23)24)20(25)22-13-17(21(26)27)11-15-7-4-6-14-5-2-3-8-18(14)15/h2-8,16-17H,9-13H2,1H3,(H,22,25)(H,26,27). The van der Waals surface area contributed by atoms with E-state index in [4.69, 9.17) is 0 Å². The van der Waals surface area contributed by atoms with Crippen LogP contribution in [0.25, 0.3) is 10.8 Å². The molecule has 1 saturated heterocycles. The number of hydrogen-bond acceptors (Lipinski definition) is 3. The molecule has 0 aliphatic carbocycles. The van der Waals surface area contributed by atoms with E-state index >= 15 is 0 Å². The van der Waals surface area contributed by atoms with E-state index in [-0.39, 0.29) is 30.7 Å². The first-order valence-corrected chi connectivity index (χ1v) is 9.17. The van der Waals surface area contributed by atoms with Crippen LogP contribution in [0.15, 0.2) is 42.5 Å². The summed E-state index contributed by atoms with van der Waals surface area (Å²) in [6.07, 6.45) is 1.13. The Morgan fingerprint density at radius 3 is 2.70 bits per heavy atom. The number of carboxylic acids is 1. The molecular weight excluding hydrogens is 344 g/mol. The molecule has 3 rings (SSSR count). The molecule has 2 aromatic carbocycles. The smallest absolute Gasteiger partial charge is 0.308 e. The molecule has 2 unspecified atom stereocenters. The summed E-state index contributed by atoms with van der Waals surface area (Å²) in [7, 11) is 1.72. The van der Waals surface area contributed by atoms with Crippen LogP contribution in [0.2, 0.25) is 0 Å². The molecule has 2 atom stereocenters. The average molecular weight is 368 g/mol. The van der Waals surface area contributed by atoms with Crippen LogP contribution in [0.4, 0.5) is 0 Å². The highest BCUT2D eigenvalue weighted by Crippen LogP contribution is 2.22. The molecular formula is C21H24N2O4. The molecule has 6 heteroatoms. The van der Waals surface area contributed by atoms with Crippen molar-refractivity contribution >= 4 is 28.6 Å². The number of rotatable bonds is 6. The Bertz CT molecular complexity index is 859. The number of benzene rings is 2. The Morgan fingerprint density at radius 1 is 1.22 bits per heavy atom. The van der Waals surface area contributed by atoms with E-state index in [9.17, 15) is 19.5 Å². The molecule has 0 radical (unpaired) electrons. The first-order chi connectivity index (χ1) is 13.0. The van der Waals surface area contributed by atoms with Gasteiger partial charge in [0, 0.05) is 32.5 Å². The molecule has 6 nitrogen and oxygen atoms in total. The number of piperidine rings is 1. The lowest BCUT2D eigenvalue weighted by Gasteiger charge is -2.28. The number of carbonyl (C=O) groups is 3. The second-order valence-electron chi connectivity index (χ2n) is 7.13. The lowest BCUT2D eigenvalue weighted by molar-refractivity contribution is -0.142. The summed E-state index contributed by atoms with van der Waals surface area (Å²) in [5, 5.41) is 14.4. The zero-order valence-corrected chi connectivity index (χ0v) is 15.4. The third-order valence-corrected chi connectivity index (χ3v) is 5.25. The van der Waals surface area contributed by atoms with E-state index in [1.165, 1.54) is 0 Å². The first kappa shape index (κ1) is 18.9. The predicted octanol–water partition coefficient (Wildman–Crippen LogP) is 2.07. The van der Waals surface area contributed by atoms with Crippen molar-refractivity contribution in [2.24, 2.45) is 11.8 Å². The summed E-state index contributed by atoms with van der Waals surface area (Å²) >= 11 is 0. The maximum absolute atomic E-state index is 12.4. The summed E-state index contributed by atoms with van der Waals surface area (Å²) in [4.78, 5) is 37.5. The van der Waals surface area contributed by atoms with Crippen molar-refractivity contribution in [1.82, 2.24) is 10.2 Å². The van der Waals surface area contributed by atoms with Crippen molar-refractivity contribution in [3.63, 3.8) is 0 Å². The Morgan fingerprint density at radius 2 is 1.96 bits per heavy atom. The van der Waals surface area contributed by atoms with Gasteiger partial charge in [0.15, 0.2) is 0 Å². The molecule has 142 valence electrons. The lowest BCUT2D eigenvalue weighted by Crippen LogP contribution is -2.43. The number of nitrogens with zero attached hydrogens (tertiary/aromatic N) is 1. The third kappa shape index (κ3) is 4.45. The number of aliphatic carboxylic acids is 1. The summed E-state index contributed by atoms with van der Waals surface area (Å²) in [6.45, 7) is 0.604. The summed E-state index contributed by atoms with van der Waals surface area (Å²) in [6, 6.07) is 13.7. The number of hydrogen-bond donors (Lipinski definition) is 2. The zero-order chi connectivity index (χ0) is 19.4. The quantitative estimate of drug-likeness (QED) is 0.817. The normalized spacial score (nSPS) is 18.3. The molecule has 0 aromatic heterocycles. The number of amides is 2. The van der Waals surface area contributed by atoms with Gasteiger partial charge >= 0.3 is 5.97 Å². The molecule has 0 spiro atoms. The fraction of sp³-hybridized carbons (Fsp3) is 0.381. The van der Waals surface area contributed by atoms with Gasteiger partial charge in [0.2, 0.25) is 11.8 Å². The minimum atomic E-state index is -0.942. The van der Waals surface area contributed by atoms with Crippen molar-refractivity contribution < 1.29 is 19.5 Å². The molecule has 2 N–H and O–H groups in total. The fourth-order valence-electron chi connectivity index (χ4n) is 3.52. The molecule has 27 heavy (non-hydrogen) atoms. The van der Waals surface area contributed by atoms with Gasteiger partial charge in [0.1, 0.15) is 0 Å². The molecule has 1 fully saturated rings. The van der Waals surface area contributed by atoms with E-state index < -0.39 is 11.9 Å². The van der Waals surface area contributed by atoms with Crippen molar-refractivity contribution in [3.8, 4) is 0 Å². The highest BCUT2D eigenvalue weighted by Gasteiger charge is 2.29. The molecule has 0 saturated carbocycles. The Labute approximate surface area is 158 Å². The van der Waals surface area contributed by atoms with Crippen LogP contribution in [0.5, 0.6) is 0 Å². The third-order valence-electron chi connectivity index (χ3n) is 5.25. The van der Waals surface area contributed by atoms with Crippen LogP contribution in [0.3, 0.4) is 0 Å². The average Bonchev–Trinajstić information content (AvgIpc) is 2.66. The van der Waals surface area contributed by atoms with Crippen LogP contribution >= 0.6 is 0 Å². The number of likely N-dealkylation sites (tertiary alicyclic amines) is 1. The molecule has 1 aliphatic heterocycles.